The summed E-state index contributed by atoms with van der Waals surface area (Å²) in [5.74, 6) is 0. The summed E-state index contributed by atoms with van der Waals surface area (Å²) < 4.78 is 0. The molecule has 9 heavy (non-hydrogen) atoms. The third kappa shape index (κ3) is 12.5. The van der Waals surface area contributed by atoms with Gasteiger partial charge in [0.25, 0.3) is 0 Å². The molecule has 2 atom stereocenters. The van der Waals surface area contributed by atoms with Gasteiger partial charge in [0, 0.05) is 6.29 Å². The van der Waals surface area contributed by atoms with Gasteiger partial charge in [-0.25, -0.2) is 0 Å². The molecule has 0 saturated heterocycles. The fraction of sp³-hybridized carbons (Fsp3) is 1.00. The van der Waals surface area contributed by atoms with Gasteiger partial charge in [-0.15, -0.1) is 25.9 Å². The highest BCUT2D eigenvalue weighted by atomic mass is 79.9. The van der Waals surface area contributed by atoms with Crippen LogP contribution in [0.4, 0.5) is 0 Å². The van der Waals surface area contributed by atoms with Crippen molar-refractivity contribution in [3.05, 3.63) is 0 Å². The molecule has 0 aromatic rings. The first-order chi connectivity index (χ1) is 3.91. The number of unbranched alkanes of at least 4 members (excludes halogenated alkanes) is 1. The zero-order valence-corrected chi connectivity index (χ0v) is 9.68. The van der Waals surface area contributed by atoms with Crippen molar-refractivity contribution < 1.29 is 0 Å². The number of nitrogens with one attached hydrogen (secondary N) is 1. The van der Waals surface area contributed by atoms with E-state index in [-0.39, 0.29) is 17.0 Å². The Labute approximate surface area is 72.4 Å². The van der Waals surface area contributed by atoms with Crippen LogP contribution in [0.25, 0.3) is 0 Å². The highest BCUT2D eigenvalue weighted by Gasteiger charge is 1.80. The van der Waals surface area contributed by atoms with Crippen molar-refractivity contribution in [2.75, 3.05) is 12.8 Å². The molecule has 0 rings (SSSR count). The topological polar surface area (TPSA) is 12.0 Å². The van der Waals surface area contributed by atoms with E-state index in [0.29, 0.717) is 0 Å². The van der Waals surface area contributed by atoms with Crippen LogP contribution in [0.1, 0.15) is 19.8 Å². The molecule has 0 aromatic carbocycles. The molecule has 0 spiro atoms. The van der Waals surface area contributed by atoms with E-state index in [1.54, 1.807) is 0 Å². The Morgan fingerprint density at radius 3 is 2.67 bits per heavy atom. The Morgan fingerprint density at radius 2 is 2.22 bits per heavy atom. The molecule has 1 nitrogen and oxygen atoms in total. The van der Waals surface area contributed by atoms with Gasteiger partial charge in [0.2, 0.25) is 0 Å². The third-order valence-electron chi connectivity index (χ3n) is 0.934. The highest BCUT2D eigenvalue weighted by molar-refractivity contribution is 8.93. The predicted octanol–water partition coefficient (Wildman–Crippen LogP) is 2.38. The lowest BCUT2D eigenvalue weighted by Gasteiger charge is -1.98. The summed E-state index contributed by atoms with van der Waals surface area (Å²) in [6, 6.07) is 0. The zero-order chi connectivity index (χ0) is 6.24. The number of hydrogen-bond donors (Lipinski definition) is 1. The summed E-state index contributed by atoms with van der Waals surface area (Å²) in [5.41, 5.74) is 0. The molecule has 0 aliphatic carbocycles. The molecule has 1 N–H and O–H groups in total. The second kappa shape index (κ2) is 12.0. The van der Waals surface area contributed by atoms with Crippen molar-refractivity contribution in [1.82, 2.24) is 5.32 Å². The van der Waals surface area contributed by atoms with Crippen LogP contribution < -0.4 is 5.32 Å². The van der Waals surface area contributed by atoms with E-state index in [1.165, 1.54) is 25.7 Å². The fourth-order valence-corrected chi connectivity index (χ4v) is 1.22. The lowest BCUT2D eigenvalue weighted by molar-refractivity contribution is 0.700. The quantitative estimate of drug-likeness (QED) is 0.566. The van der Waals surface area contributed by atoms with Gasteiger partial charge in [0.05, 0.1) is 0 Å². The Balaban J connectivity index is 0. The van der Waals surface area contributed by atoms with E-state index in [0.717, 1.165) is 8.27 Å². The van der Waals surface area contributed by atoms with Gasteiger partial charge in [-0.1, -0.05) is 21.6 Å². The standard InChI is InChI=1S/C5H15NP2.BrH/c1-2-3-4-6-5-8-7;/h6,8H,2-5,7H2,1H3;1H. The van der Waals surface area contributed by atoms with Crippen LogP contribution in [0, 0.1) is 0 Å². The van der Waals surface area contributed by atoms with E-state index in [9.17, 15) is 0 Å². The van der Waals surface area contributed by atoms with Crippen LogP contribution in [0.2, 0.25) is 0 Å². The van der Waals surface area contributed by atoms with Crippen LogP contribution in [0.3, 0.4) is 0 Å². The number of hydrogen-bond acceptors (Lipinski definition) is 1. The normalized spacial score (nSPS) is 10.0. The second-order valence-electron chi connectivity index (χ2n) is 1.73. The van der Waals surface area contributed by atoms with E-state index in [2.05, 4.69) is 21.2 Å². The average molecular weight is 232 g/mol. The highest BCUT2D eigenvalue weighted by Crippen LogP contribution is 2.16. The maximum Gasteiger partial charge on any atom is 0.0162 e. The Bertz CT molecular complexity index is 39.9. The van der Waals surface area contributed by atoms with E-state index in [1.807, 2.05) is 0 Å². The van der Waals surface area contributed by atoms with Crippen molar-refractivity contribution in [3.63, 3.8) is 0 Å². The van der Waals surface area contributed by atoms with Gasteiger partial charge in [-0.05, 0) is 13.0 Å². The molecule has 0 aliphatic heterocycles. The Morgan fingerprint density at radius 1 is 1.56 bits per heavy atom. The molecule has 4 heteroatoms. The molecule has 2 unspecified atom stereocenters. The summed E-state index contributed by atoms with van der Waals surface area (Å²) in [7, 11) is 3.70. The molecule has 0 heterocycles. The molecule has 0 radical (unpaired) electrons. The summed E-state index contributed by atoms with van der Waals surface area (Å²) in [4.78, 5) is 0. The van der Waals surface area contributed by atoms with Crippen LogP contribution >= 0.6 is 34.2 Å². The molecule has 0 fully saturated rings. The number of rotatable bonds is 5. The van der Waals surface area contributed by atoms with Crippen molar-refractivity contribution in [2.24, 2.45) is 0 Å². The van der Waals surface area contributed by atoms with Crippen LogP contribution in [-0.2, 0) is 0 Å². The van der Waals surface area contributed by atoms with Crippen molar-refractivity contribution in [2.45, 2.75) is 19.8 Å². The molecule has 0 amide bonds. The Kier molecular flexibility index (Phi) is 17.3. The van der Waals surface area contributed by atoms with Gasteiger partial charge in [-0.3, -0.25) is 0 Å². The first kappa shape index (κ1) is 12.9. The zero-order valence-electron chi connectivity index (χ0n) is 5.81. The van der Waals surface area contributed by atoms with Gasteiger partial charge in [0.15, 0.2) is 0 Å². The fourth-order valence-electron chi connectivity index (χ4n) is 0.462. The summed E-state index contributed by atoms with van der Waals surface area (Å²) in [6.07, 6.45) is 3.78. The van der Waals surface area contributed by atoms with Crippen molar-refractivity contribution in [3.8, 4) is 0 Å². The minimum atomic E-state index is 0. The summed E-state index contributed by atoms with van der Waals surface area (Å²) in [5, 5.41) is 3.33. The van der Waals surface area contributed by atoms with Gasteiger partial charge in [0.1, 0.15) is 0 Å². The first-order valence-electron chi connectivity index (χ1n) is 3.06. The molecule has 0 aromatic heterocycles. The minimum Gasteiger partial charge on any atom is -0.313 e. The smallest absolute Gasteiger partial charge is 0.0162 e. The third-order valence-corrected chi connectivity index (χ3v) is 2.00. The molecular weight excluding hydrogens is 216 g/mol. The lowest BCUT2D eigenvalue weighted by Crippen LogP contribution is -2.11. The van der Waals surface area contributed by atoms with Crippen LogP contribution in [0.15, 0.2) is 0 Å². The predicted molar refractivity (Wildman–Crippen MR) is 56.1 cm³/mol. The number of halogens is 1. The van der Waals surface area contributed by atoms with Gasteiger partial charge in [-0.2, -0.15) is 0 Å². The molecule has 0 aliphatic rings. The average Bonchev–Trinajstić information content (AvgIpc) is 1.81. The monoisotopic (exact) mass is 231 g/mol. The second-order valence-corrected chi connectivity index (χ2v) is 3.72. The van der Waals surface area contributed by atoms with Gasteiger partial charge >= 0.3 is 0 Å². The largest absolute Gasteiger partial charge is 0.313 e. The SMILES string of the molecule is Br.CCCCNCPP. The first-order valence-corrected chi connectivity index (χ1v) is 6.07. The molecular formula is C5H16BrNP2. The van der Waals surface area contributed by atoms with Crippen molar-refractivity contribution in [1.29, 1.82) is 0 Å². The summed E-state index contributed by atoms with van der Waals surface area (Å²) >= 11 is 0. The van der Waals surface area contributed by atoms with E-state index < -0.39 is 0 Å². The molecule has 0 bridgehead atoms. The van der Waals surface area contributed by atoms with E-state index in [4.69, 9.17) is 0 Å². The molecule has 58 valence electrons. The summed E-state index contributed by atoms with van der Waals surface area (Å²) in [6.45, 7) is 3.41. The molecule has 0 saturated carbocycles. The van der Waals surface area contributed by atoms with Crippen LogP contribution in [0.5, 0.6) is 0 Å². The maximum absolute atomic E-state index is 3.33. The maximum atomic E-state index is 3.33. The minimum absolute atomic E-state index is 0. The Hall–Kier alpha value is 1.30. The van der Waals surface area contributed by atoms with Crippen molar-refractivity contribution >= 4 is 34.2 Å². The lowest BCUT2D eigenvalue weighted by atomic mass is 10.3. The van der Waals surface area contributed by atoms with E-state index >= 15 is 0 Å². The van der Waals surface area contributed by atoms with Crippen LogP contribution in [-0.4, -0.2) is 12.8 Å². The van der Waals surface area contributed by atoms with Gasteiger partial charge < -0.3 is 5.32 Å².